The minimum atomic E-state index is -0.551. The fraction of sp³-hybridized carbons (Fsp3) is 0.0294. The Kier molecular flexibility index (Phi) is 8.33. The van der Waals surface area contributed by atoms with Gasteiger partial charge in [-0.2, -0.15) is 0 Å². The molecule has 6 rings (SSSR count). The third-order valence-electron chi connectivity index (χ3n) is 6.58. The van der Waals surface area contributed by atoms with Crippen molar-refractivity contribution in [1.82, 2.24) is 4.98 Å². The van der Waals surface area contributed by atoms with E-state index in [-0.39, 0.29) is 11.8 Å². The number of hydrogen-bond donors (Lipinski definition) is 2. The number of halogens is 1. The van der Waals surface area contributed by atoms with Gasteiger partial charge in [0.15, 0.2) is 5.13 Å². The smallest absolute Gasteiger partial charge is 0.255 e. The molecule has 0 saturated carbocycles. The summed E-state index contributed by atoms with van der Waals surface area (Å²) in [5, 5.41) is 10.5. The number of anilines is 2. The van der Waals surface area contributed by atoms with Crippen LogP contribution in [-0.2, 0) is 4.79 Å². The van der Waals surface area contributed by atoms with Crippen LogP contribution in [0.4, 0.5) is 10.8 Å². The van der Waals surface area contributed by atoms with Crippen LogP contribution in [0, 0.1) is 0 Å². The summed E-state index contributed by atoms with van der Waals surface area (Å²) in [5.41, 5.74) is 3.60. The van der Waals surface area contributed by atoms with Crippen LogP contribution in [0.2, 0.25) is 5.02 Å². The normalized spacial score (nSPS) is 11.6. The van der Waals surface area contributed by atoms with E-state index in [0.29, 0.717) is 27.1 Å². The third kappa shape index (κ3) is 6.39. The molecule has 42 heavy (non-hydrogen) atoms. The number of nitrogens with zero attached hydrogens (tertiary/aromatic N) is 1. The number of fused-ring (bicyclic) bond motifs is 1. The van der Waals surface area contributed by atoms with Gasteiger partial charge in [0.2, 0.25) is 5.91 Å². The molecule has 8 heteroatoms. The maximum atomic E-state index is 13.6. The molecule has 2 N–H and O–H groups in total. The Morgan fingerprint density at radius 1 is 0.762 bits per heavy atom. The average molecular weight is 606 g/mol. The molecule has 1 aromatic heterocycles. The molecule has 0 spiro atoms. The van der Waals surface area contributed by atoms with Crippen molar-refractivity contribution in [2.24, 2.45) is 0 Å². The van der Waals surface area contributed by atoms with E-state index in [1.165, 1.54) is 23.1 Å². The van der Waals surface area contributed by atoms with E-state index >= 15 is 0 Å². The van der Waals surface area contributed by atoms with Crippen LogP contribution >= 0.6 is 34.7 Å². The largest absolute Gasteiger partial charge is 0.322 e. The van der Waals surface area contributed by atoms with E-state index in [4.69, 9.17) is 11.6 Å². The highest BCUT2D eigenvalue weighted by atomic mass is 35.5. The number of amides is 2. The van der Waals surface area contributed by atoms with E-state index in [0.717, 1.165) is 26.8 Å². The predicted molar refractivity (Wildman–Crippen MR) is 175 cm³/mol. The third-order valence-corrected chi connectivity index (χ3v) is 8.92. The molecule has 1 heterocycles. The van der Waals surface area contributed by atoms with Gasteiger partial charge in [0, 0.05) is 32.1 Å². The zero-order valence-corrected chi connectivity index (χ0v) is 24.5. The van der Waals surface area contributed by atoms with Gasteiger partial charge in [0.1, 0.15) is 5.25 Å². The molecule has 1 atom stereocenters. The number of nitrogens with one attached hydrogen (secondary N) is 2. The van der Waals surface area contributed by atoms with E-state index < -0.39 is 5.25 Å². The summed E-state index contributed by atoms with van der Waals surface area (Å²) >= 11 is 9.10. The molecule has 0 aliphatic rings. The minimum absolute atomic E-state index is 0.196. The summed E-state index contributed by atoms with van der Waals surface area (Å²) < 4.78 is 0. The summed E-state index contributed by atoms with van der Waals surface area (Å²) in [4.78, 5) is 32.1. The number of benzene rings is 5. The summed E-state index contributed by atoms with van der Waals surface area (Å²) in [6.45, 7) is 0. The number of rotatable bonds is 8. The number of thioether (sulfide) groups is 1. The SMILES string of the molecule is O=C(Nc1cccc(SC(C(=O)Nc2nc(-c3ccccc3Cl)cs2)c2ccccc2)c1)c1ccc2ccccc2c1. The van der Waals surface area contributed by atoms with Crippen molar-refractivity contribution in [3.63, 3.8) is 0 Å². The van der Waals surface area contributed by atoms with Gasteiger partial charge in [-0.3, -0.25) is 9.59 Å². The van der Waals surface area contributed by atoms with Crippen molar-refractivity contribution in [3.8, 4) is 11.3 Å². The monoisotopic (exact) mass is 605 g/mol. The van der Waals surface area contributed by atoms with Crippen LogP contribution in [0.5, 0.6) is 0 Å². The quantitative estimate of drug-likeness (QED) is 0.170. The number of thiazole rings is 1. The van der Waals surface area contributed by atoms with Crippen molar-refractivity contribution in [1.29, 1.82) is 0 Å². The zero-order valence-electron chi connectivity index (χ0n) is 22.2. The Morgan fingerprint density at radius 2 is 1.52 bits per heavy atom. The Bertz CT molecular complexity index is 1890. The molecule has 0 bridgehead atoms. The van der Waals surface area contributed by atoms with Gasteiger partial charge in [-0.05, 0) is 52.7 Å². The topological polar surface area (TPSA) is 71.1 Å². The fourth-order valence-corrected chi connectivity index (χ4v) is 6.54. The van der Waals surface area contributed by atoms with Crippen LogP contribution in [-0.4, -0.2) is 16.8 Å². The lowest BCUT2D eigenvalue weighted by Crippen LogP contribution is -2.19. The molecule has 0 aliphatic carbocycles. The van der Waals surface area contributed by atoms with Crippen LogP contribution in [0.1, 0.15) is 21.2 Å². The van der Waals surface area contributed by atoms with Gasteiger partial charge in [-0.15, -0.1) is 23.1 Å². The van der Waals surface area contributed by atoms with Crippen molar-refractivity contribution in [3.05, 3.63) is 143 Å². The predicted octanol–water partition coefficient (Wildman–Crippen LogP) is 9.34. The Labute approximate surface area is 256 Å². The van der Waals surface area contributed by atoms with Gasteiger partial charge in [-0.25, -0.2) is 4.98 Å². The van der Waals surface area contributed by atoms with Crippen LogP contribution in [0.3, 0.4) is 0 Å². The highest BCUT2D eigenvalue weighted by Gasteiger charge is 2.24. The van der Waals surface area contributed by atoms with E-state index in [2.05, 4.69) is 15.6 Å². The highest BCUT2D eigenvalue weighted by molar-refractivity contribution is 8.00. The maximum Gasteiger partial charge on any atom is 0.255 e. The van der Waals surface area contributed by atoms with Crippen molar-refractivity contribution in [2.45, 2.75) is 10.1 Å². The van der Waals surface area contributed by atoms with Crippen LogP contribution in [0.25, 0.3) is 22.0 Å². The number of hydrogen-bond acceptors (Lipinski definition) is 5. The van der Waals surface area contributed by atoms with E-state index in [1.807, 2.05) is 127 Å². The summed E-state index contributed by atoms with van der Waals surface area (Å²) in [7, 11) is 0. The van der Waals surface area contributed by atoms with Crippen LogP contribution < -0.4 is 10.6 Å². The number of carbonyl (C=O) groups excluding carboxylic acids is 2. The highest BCUT2D eigenvalue weighted by Crippen LogP contribution is 2.38. The first-order valence-corrected chi connectivity index (χ1v) is 15.3. The average Bonchev–Trinajstić information content (AvgIpc) is 3.48. The molecule has 206 valence electrons. The Hall–Kier alpha value is -4.43. The summed E-state index contributed by atoms with van der Waals surface area (Å²) in [6.07, 6.45) is 0. The van der Waals surface area contributed by atoms with Gasteiger partial charge in [0.25, 0.3) is 5.91 Å². The van der Waals surface area contributed by atoms with E-state index in [1.54, 1.807) is 0 Å². The van der Waals surface area contributed by atoms with Crippen molar-refractivity contribution < 1.29 is 9.59 Å². The number of aromatic nitrogens is 1. The summed E-state index contributed by atoms with van der Waals surface area (Å²) in [5.74, 6) is -0.393. The summed E-state index contributed by atoms with van der Waals surface area (Å²) in [6, 6.07) is 38.2. The van der Waals surface area contributed by atoms with Crippen molar-refractivity contribution in [2.75, 3.05) is 10.6 Å². The number of carbonyl (C=O) groups is 2. The molecule has 2 amide bonds. The minimum Gasteiger partial charge on any atom is -0.322 e. The molecule has 0 aliphatic heterocycles. The van der Waals surface area contributed by atoms with Crippen molar-refractivity contribution >= 4 is 68.1 Å². The second-order valence-electron chi connectivity index (χ2n) is 9.46. The second kappa shape index (κ2) is 12.6. The zero-order chi connectivity index (χ0) is 28.9. The first kappa shape index (κ1) is 27.7. The molecular formula is C34H24ClN3O2S2. The first-order valence-electron chi connectivity index (χ1n) is 13.2. The molecular weight excluding hydrogens is 582 g/mol. The van der Waals surface area contributed by atoms with Gasteiger partial charge >= 0.3 is 0 Å². The fourth-order valence-electron chi connectivity index (χ4n) is 4.51. The standard InChI is InChI=1S/C34H24ClN3O2S2/c35-29-16-7-6-15-28(29)30-21-41-34(37-30)38-33(40)31(23-10-2-1-3-11-23)42-27-14-8-13-26(20-27)36-32(39)25-18-17-22-9-4-5-12-24(22)19-25/h1-21,31H,(H,36,39)(H,37,38,40). The molecule has 1 unspecified atom stereocenters. The lowest BCUT2D eigenvalue weighted by molar-refractivity contribution is -0.115. The van der Waals surface area contributed by atoms with Crippen LogP contribution in [0.15, 0.2) is 132 Å². The molecule has 6 aromatic rings. The molecule has 5 aromatic carbocycles. The lowest BCUT2D eigenvalue weighted by Gasteiger charge is -2.17. The van der Waals surface area contributed by atoms with Gasteiger partial charge in [-0.1, -0.05) is 96.5 Å². The Balaban J connectivity index is 1.20. The maximum absolute atomic E-state index is 13.6. The molecule has 0 radical (unpaired) electrons. The second-order valence-corrected chi connectivity index (χ2v) is 11.9. The molecule has 0 fully saturated rings. The molecule has 5 nitrogen and oxygen atoms in total. The first-order chi connectivity index (χ1) is 20.5. The Morgan fingerprint density at radius 3 is 2.36 bits per heavy atom. The van der Waals surface area contributed by atoms with Gasteiger partial charge < -0.3 is 10.6 Å². The van der Waals surface area contributed by atoms with Gasteiger partial charge in [0.05, 0.1) is 5.69 Å². The molecule has 0 saturated heterocycles. The lowest BCUT2D eigenvalue weighted by atomic mass is 10.1. The van der Waals surface area contributed by atoms with E-state index in [9.17, 15) is 9.59 Å².